The summed E-state index contributed by atoms with van der Waals surface area (Å²) in [6.45, 7) is 22.5. The molecule has 0 radical (unpaired) electrons. The van der Waals surface area contributed by atoms with Gasteiger partial charge in [0.2, 0.25) is 0 Å². The topological polar surface area (TPSA) is 0 Å². The van der Waals surface area contributed by atoms with Crippen molar-refractivity contribution in [2.24, 2.45) is 11.3 Å². The second kappa shape index (κ2) is 19.6. The molecule has 0 N–H and O–H groups in total. The van der Waals surface area contributed by atoms with Gasteiger partial charge in [0.15, 0.2) is 0 Å². The summed E-state index contributed by atoms with van der Waals surface area (Å²) >= 11 is 12.3. The van der Waals surface area contributed by atoms with Crippen LogP contribution in [0, 0.1) is 35.6 Å². The van der Waals surface area contributed by atoms with E-state index in [-0.39, 0.29) is 35.6 Å². The standard InChI is InChI=1S/C25H25.C10H15.2C6H4Cl.CH2.2ClH.Zr/c1-14-12-24(3,4)22-8-16-7-17-9-23-19(15(2)13-25(23,5)6)11-21(17)20(16)10-18(14)22;1-8-5-6-9(7-8)10(2,3)4;2*7-6-4-2-1-3-5-6;;;;/h8-12H,7H2,1-6H3;6-8H,1-4H3;2*2-5H;1H2;2*1H;/q4*-1;;;;. The third kappa shape index (κ3) is 11.6. The molecular weight excluding hydrogens is 810 g/mol. The van der Waals surface area contributed by atoms with Gasteiger partial charge in [0.25, 0.3) is 0 Å². The van der Waals surface area contributed by atoms with Gasteiger partial charge in [0.1, 0.15) is 0 Å². The molecule has 4 aliphatic carbocycles. The zero-order chi connectivity index (χ0) is 37.7. The Kier molecular flexibility index (Phi) is 17.3. The number of rotatable bonds is 0. The van der Waals surface area contributed by atoms with Gasteiger partial charge in [-0.25, -0.2) is 11.6 Å². The van der Waals surface area contributed by atoms with Crippen molar-refractivity contribution >= 4 is 63.4 Å². The minimum atomic E-state index is 0. The summed E-state index contributed by atoms with van der Waals surface area (Å²) < 4.78 is 3.34. The monoisotopic (exact) mass is 858 g/mol. The van der Waals surface area contributed by atoms with E-state index in [1.807, 2.05) is 0 Å². The van der Waals surface area contributed by atoms with Crippen molar-refractivity contribution in [3.8, 4) is 11.1 Å². The Morgan fingerprint density at radius 2 is 1.21 bits per heavy atom. The fraction of sp³-hybridized carbons (Fsp3) is 0.312. The van der Waals surface area contributed by atoms with Crippen molar-refractivity contribution in [3.63, 3.8) is 0 Å². The molecule has 4 aromatic carbocycles. The van der Waals surface area contributed by atoms with Crippen molar-refractivity contribution in [1.82, 2.24) is 0 Å². The molecule has 53 heavy (non-hydrogen) atoms. The molecule has 1 atom stereocenters. The quantitative estimate of drug-likeness (QED) is 0.136. The van der Waals surface area contributed by atoms with Gasteiger partial charge < -0.3 is 0 Å². The molecule has 0 spiro atoms. The maximum atomic E-state index is 5.52. The first-order valence-corrected chi connectivity index (χ1v) is 20.0. The molecule has 280 valence electrons. The normalized spacial score (nSPS) is 16.8. The van der Waals surface area contributed by atoms with Gasteiger partial charge in [0.05, 0.1) is 0 Å². The van der Waals surface area contributed by atoms with Crippen LogP contribution in [0.3, 0.4) is 0 Å². The summed E-state index contributed by atoms with van der Waals surface area (Å²) in [5, 5.41) is 1.53. The Labute approximate surface area is 358 Å². The first-order valence-electron chi connectivity index (χ1n) is 17.5. The molecule has 1 unspecified atom stereocenters. The molecule has 0 saturated heterocycles. The van der Waals surface area contributed by atoms with Gasteiger partial charge in [-0.1, -0.05) is 107 Å². The molecule has 0 saturated carbocycles. The van der Waals surface area contributed by atoms with Gasteiger partial charge in [0, 0.05) is 5.41 Å². The van der Waals surface area contributed by atoms with Gasteiger partial charge in [-0.3, -0.25) is 12.2 Å². The van der Waals surface area contributed by atoms with Crippen LogP contribution in [0.15, 0.2) is 96.6 Å². The van der Waals surface area contributed by atoms with Crippen molar-refractivity contribution in [1.29, 1.82) is 0 Å². The number of halogens is 4. The van der Waals surface area contributed by atoms with Crippen LogP contribution in [0.4, 0.5) is 0 Å². The fourth-order valence-electron chi connectivity index (χ4n) is 7.06. The molecule has 0 amide bonds. The Bertz CT molecular complexity index is 1850. The number of allylic oxidation sites excluding steroid dienone is 8. The van der Waals surface area contributed by atoms with Crippen LogP contribution < -0.4 is 0 Å². The molecular formula is C48H52Cl4Zr-4. The third-order valence-electron chi connectivity index (χ3n) is 9.58. The van der Waals surface area contributed by atoms with E-state index >= 15 is 0 Å². The van der Waals surface area contributed by atoms with Crippen molar-refractivity contribution < 1.29 is 24.2 Å². The molecule has 5 heteroatoms. The van der Waals surface area contributed by atoms with Crippen LogP contribution >= 0.6 is 48.0 Å². The molecule has 4 aromatic rings. The third-order valence-corrected chi connectivity index (χ3v) is 10.1. The summed E-state index contributed by atoms with van der Waals surface area (Å²) in [5.41, 5.74) is 16.3. The molecule has 0 bridgehead atoms. The molecule has 0 heterocycles. The van der Waals surface area contributed by atoms with Gasteiger partial charge in [-0.15, -0.1) is 59.6 Å². The first kappa shape index (κ1) is 46.9. The van der Waals surface area contributed by atoms with E-state index in [0.717, 1.165) is 16.5 Å². The Balaban J connectivity index is 0.000000287. The number of hydrogen-bond donors (Lipinski definition) is 0. The Hall–Kier alpha value is -2.25. The van der Waals surface area contributed by atoms with E-state index < -0.39 is 0 Å². The summed E-state index contributed by atoms with van der Waals surface area (Å²) in [7, 11) is 0. The van der Waals surface area contributed by atoms with Crippen LogP contribution in [0.1, 0.15) is 103 Å². The van der Waals surface area contributed by atoms with Crippen molar-refractivity contribution in [2.45, 2.75) is 86.5 Å². The summed E-state index contributed by atoms with van der Waals surface area (Å²) in [5.74, 6) is 0.522. The second-order valence-corrected chi connectivity index (χ2v) is 16.5. The Morgan fingerprint density at radius 3 is 1.60 bits per heavy atom. The summed E-state index contributed by atoms with van der Waals surface area (Å²) in [4.78, 5) is 0. The van der Waals surface area contributed by atoms with Gasteiger partial charge in [-0.2, -0.15) is 77.9 Å². The summed E-state index contributed by atoms with van der Waals surface area (Å²) in [6, 6.07) is 29.8. The molecule has 0 aromatic heterocycles. The maximum absolute atomic E-state index is 5.52. The number of hydrogen-bond acceptors (Lipinski definition) is 0. The molecule has 4 aliphatic rings. The molecule has 0 aliphatic heterocycles. The predicted octanol–water partition coefficient (Wildman–Crippen LogP) is 14.5. The zero-order valence-corrected chi connectivity index (χ0v) is 38.3. The second-order valence-electron chi connectivity index (χ2n) is 15.6. The van der Waals surface area contributed by atoms with Crippen LogP contribution in [0.25, 0.3) is 22.3 Å². The van der Waals surface area contributed by atoms with E-state index in [1.54, 1.807) is 48.5 Å². The van der Waals surface area contributed by atoms with Crippen molar-refractivity contribution in [2.75, 3.05) is 0 Å². The summed E-state index contributed by atoms with van der Waals surface area (Å²) in [6.07, 6.45) is 14.8. The molecule has 8 rings (SSSR count). The Morgan fingerprint density at radius 1 is 0.736 bits per heavy atom. The van der Waals surface area contributed by atoms with E-state index in [0.29, 0.717) is 11.3 Å². The predicted molar refractivity (Wildman–Crippen MR) is 233 cm³/mol. The number of benzene rings is 4. The fourth-order valence-corrected chi connectivity index (χ4v) is 7.31. The zero-order valence-electron chi connectivity index (χ0n) is 32.7. The van der Waals surface area contributed by atoms with Crippen LogP contribution in [-0.2, 0) is 41.5 Å². The van der Waals surface area contributed by atoms with Gasteiger partial charge >= 0.3 is 28.4 Å². The first-order chi connectivity index (χ1) is 24.0. The average molecular weight is 862 g/mol. The van der Waals surface area contributed by atoms with E-state index in [9.17, 15) is 0 Å². The number of fused-ring (bicyclic) bond motifs is 5. The van der Waals surface area contributed by atoms with Gasteiger partial charge in [-0.05, 0) is 58.4 Å². The van der Waals surface area contributed by atoms with E-state index in [4.69, 9.17) is 23.2 Å². The van der Waals surface area contributed by atoms with E-state index in [1.165, 1.54) is 85.5 Å². The van der Waals surface area contributed by atoms with Crippen LogP contribution in [0.5, 0.6) is 0 Å². The van der Waals surface area contributed by atoms with Crippen LogP contribution in [-0.4, -0.2) is 4.21 Å². The molecule has 0 fully saturated rings. The SMILES string of the molecule is CC1=[C-]C(C)(C)c2cc3c(cc21)-c1cc2c(cc1C3)C(C)(C)C=C2C.CC1[C-]=CC(C(C)(C)C)=C1.Cl.Cl.Clc1cc[c-]cc1.Clc1cc[c-]cc1.[CH2]=[Zr]. The minimum absolute atomic E-state index is 0. The van der Waals surface area contributed by atoms with Crippen molar-refractivity contribution in [3.05, 3.63) is 164 Å². The average Bonchev–Trinajstić information content (AvgIpc) is 3.79. The molecule has 0 nitrogen and oxygen atoms in total. The van der Waals surface area contributed by atoms with Crippen LogP contribution in [0.2, 0.25) is 10.0 Å². The van der Waals surface area contributed by atoms with E-state index in [2.05, 4.69) is 140 Å².